The van der Waals surface area contributed by atoms with Crippen LogP contribution in [0.2, 0.25) is 0 Å². The molecule has 1 aliphatic rings. The summed E-state index contributed by atoms with van der Waals surface area (Å²) in [6, 6.07) is 12.7. The van der Waals surface area contributed by atoms with Crippen molar-refractivity contribution >= 4 is 17.4 Å². The van der Waals surface area contributed by atoms with E-state index in [-0.39, 0.29) is 11.8 Å². The molecule has 0 spiro atoms. The summed E-state index contributed by atoms with van der Waals surface area (Å²) >= 11 is 0. The quantitative estimate of drug-likeness (QED) is 0.911. The zero-order valence-corrected chi connectivity index (χ0v) is 14.1. The Morgan fingerprint density at radius 1 is 1.04 bits per heavy atom. The van der Waals surface area contributed by atoms with Gasteiger partial charge in [-0.1, -0.05) is 24.3 Å². The zero-order chi connectivity index (χ0) is 17.1. The lowest BCUT2D eigenvalue weighted by Crippen LogP contribution is -2.50. The summed E-state index contributed by atoms with van der Waals surface area (Å²) in [6.07, 6.45) is 0. The van der Waals surface area contributed by atoms with Gasteiger partial charge >= 0.3 is 6.03 Å². The number of nitrogens with zero attached hydrogens (tertiary/aromatic N) is 2. The number of nitrogens with one attached hydrogen (secondary N) is 1. The van der Waals surface area contributed by atoms with Crippen molar-refractivity contribution < 1.29 is 9.18 Å². The van der Waals surface area contributed by atoms with Crippen molar-refractivity contribution in [1.29, 1.82) is 0 Å². The molecule has 126 valence electrons. The zero-order valence-electron chi connectivity index (χ0n) is 14.1. The molecule has 1 fully saturated rings. The third-order valence-corrected chi connectivity index (χ3v) is 4.39. The maximum atomic E-state index is 13.9. The van der Waals surface area contributed by atoms with Gasteiger partial charge < -0.3 is 15.1 Å². The van der Waals surface area contributed by atoms with Gasteiger partial charge in [0, 0.05) is 31.9 Å². The fourth-order valence-corrected chi connectivity index (χ4v) is 2.92. The lowest BCUT2D eigenvalue weighted by atomic mass is 10.1. The van der Waals surface area contributed by atoms with Crippen LogP contribution in [0.15, 0.2) is 42.5 Å². The second-order valence-electron chi connectivity index (χ2n) is 6.17. The Bertz CT molecular complexity index is 739. The maximum Gasteiger partial charge on any atom is 0.321 e. The van der Waals surface area contributed by atoms with E-state index in [4.69, 9.17) is 0 Å². The topological polar surface area (TPSA) is 35.6 Å². The lowest BCUT2D eigenvalue weighted by Gasteiger charge is -2.36. The Balaban J connectivity index is 1.61. The molecule has 0 atom stereocenters. The summed E-state index contributed by atoms with van der Waals surface area (Å²) in [5.74, 6) is -0.217. The number of carbonyl (C=O) groups is 1. The number of para-hydroxylation sites is 1. The minimum Gasteiger partial charge on any atom is -0.366 e. The number of rotatable bonds is 2. The van der Waals surface area contributed by atoms with Crippen LogP contribution in [0.4, 0.5) is 20.6 Å². The third kappa shape index (κ3) is 3.50. The van der Waals surface area contributed by atoms with Gasteiger partial charge in [-0.05, 0) is 43.2 Å². The van der Waals surface area contributed by atoms with E-state index in [1.165, 1.54) is 6.07 Å². The third-order valence-electron chi connectivity index (χ3n) is 4.39. The molecule has 0 saturated carbocycles. The first-order valence-corrected chi connectivity index (χ1v) is 8.17. The number of amides is 2. The molecule has 1 heterocycles. The maximum absolute atomic E-state index is 13.9. The molecule has 0 bridgehead atoms. The smallest absolute Gasteiger partial charge is 0.321 e. The van der Waals surface area contributed by atoms with E-state index >= 15 is 0 Å². The van der Waals surface area contributed by atoms with Crippen molar-refractivity contribution in [3.63, 3.8) is 0 Å². The number of benzene rings is 2. The highest BCUT2D eigenvalue weighted by atomic mass is 19.1. The second kappa shape index (κ2) is 6.91. The molecule has 0 aromatic heterocycles. The number of carbonyl (C=O) groups excluding carboxylic acids is 1. The molecule has 24 heavy (non-hydrogen) atoms. The minimum absolute atomic E-state index is 0.100. The van der Waals surface area contributed by atoms with Gasteiger partial charge in [-0.25, -0.2) is 9.18 Å². The van der Waals surface area contributed by atoms with E-state index in [9.17, 15) is 9.18 Å². The molecular weight excluding hydrogens is 305 g/mol. The monoisotopic (exact) mass is 327 g/mol. The molecule has 1 N–H and O–H groups in total. The Hall–Kier alpha value is -2.56. The van der Waals surface area contributed by atoms with Gasteiger partial charge in [-0.2, -0.15) is 0 Å². The first-order chi connectivity index (χ1) is 11.5. The first kappa shape index (κ1) is 16.3. The number of hydrogen-bond donors (Lipinski definition) is 1. The van der Waals surface area contributed by atoms with Gasteiger partial charge in [0.25, 0.3) is 0 Å². The van der Waals surface area contributed by atoms with E-state index < -0.39 is 0 Å². The highest BCUT2D eigenvalue weighted by Crippen LogP contribution is 2.21. The molecule has 1 aliphatic heterocycles. The van der Waals surface area contributed by atoms with E-state index in [1.54, 1.807) is 17.0 Å². The fraction of sp³-hybridized carbons (Fsp3) is 0.316. The Morgan fingerprint density at radius 2 is 1.75 bits per heavy atom. The van der Waals surface area contributed by atoms with E-state index in [0.29, 0.717) is 31.9 Å². The van der Waals surface area contributed by atoms with Crippen molar-refractivity contribution in [1.82, 2.24) is 4.90 Å². The first-order valence-electron chi connectivity index (χ1n) is 8.17. The number of urea groups is 1. The molecule has 0 radical (unpaired) electrons. The number of piperazine rings is 1. The summed E-state index contributed by atoms with van der Waals surface area (Å²) in [6.45, 7) is 6.38. The van der Waals surface area contributed by atoms with E-state index in [1.807, 2.05) is 43.0 Å². The van der Waals surface area contributed by atoms with Gasteiger partial charge in [-0.15, -0.1) is 0 Å². The highest BCUT2D eigenvalue weighted by molar-refractivity contribution is 5.90. The normalized spacial score (nSPS) is 14.6. The fourth-order valence-electron chi connectivity index (χ4n) is 2.92. The van der Waals surface area contributed by atoms with Crippen LogP contribution in [0, 0.1) is 19.7 Å². The number of anilines is 2. The Kier molecular flexibility index (Phi) is 4.69. The average molecular weight is 327 g/mol. The molecule has 5 heteroatoms. The van der Waals surface area contributed by atoms with Crippen LogP contribution in [0.5, 0.6) is 0 Å². The standard InChI is InChI=1S/C19H22FN3O/c1-14-7-8-15(2)17(13-14)21-19(24)23-11-9-22(10-12-23)18-6-4-3-5-16(18)20/h3-8,13H,9-12H2,1-2H3,(H,21,24). The number of hydrogen-bond acceptors (Lipinski definition) is 2. The summed E-state index contributed by atoms with van der Waals surface area (Å²) in [5.41, 5.74) is 3.60. The van der Waals surface area contributed by atoms with Crippen LogP contribution in [0.1, 0.15) is 11.1 Å². The molecule has 2 amide bonds. The van der Waals surface area contributed by atoms with Gasteiger partial charge in [0.15, 0.2) is 0 Å². The number of aryl methyl sites for hydroxylation is 2. The Morgan fingerprint density at radius 3 is 2.46 bits per heavy atom. The van der Waals surface area contributed by atoms with Gasteiger partial charge in [-0.3, -0.25) is 0 Å². The molecule has 0 unspecified atom stereocenters. The van der Waals surface area contributed by atoms with Crippen LogP contribution < -0.4 is 10.2 Å². The average Bonchev–Trinajstić information content (AvgIpc) is 2.59. The minimum atomic E-state index is -0.217. The molecule has 2 aromatic carbocycles. The van der Waals surface area contributed by atoms with Crippen molar-refractivity contribution in [2.45, 2.75) is 13.8 Å². The Labute approximate surface area is 141 Å². The van der Waals surface area contributed by atoms with Crippen LogP contribution in [-0.2, 0) is 0 Å². The van der Waals surface area contributed by atoms with Crippen molar-refractivity contribution in [3.05, 3.63) is 59.4 Å². The summed E-state index contributed by atoms with van der Waals surface area (Å²) in [7, 11) is 0. The second-order valence-corrected chi connectivity index (χ2v) is 6.17. The summed E-state index contributed by atoms with van der Waals surface area (Å²) in [4.78, 5) is 16.2. The van der Waals surface area contributed by atoms with Crippen molar-refractivity contribution in [2.75, 3.05) is 36.4 Å². The van der Waals surface area contributed by atoms with E-state index in [2.05, 4.69) is 5.32 Å². The van der Waals surface area contributed by atoms with Crippen LogP contribution >= 0.6 is 0 Å². The molecule has 4 nitrogen and oxygen atoms in total. The SMILES string of the molecule is Cc1ccc(C)c(NC(=O)N2CCN(c3ccccc3F)CC2)c1. The van der Waals surface area contributed by atoms with Crippen LogP contribution in [-0.4, -0.2) is 37.1 Å². The summed E-state index contributed by atoms with van der Waals surface area (Å²) in [5, 5.41) is 2.98. The van der Waals surface area contributed by atoms with Gasteiger partial charge in [0.05, 0.1) is 5.69 Å². The molecule has 3 rings (SSSR count). The summed E-state index contributed by atoms with van der Waals surface area (Å²) < 4.78 is 13.9. The predicted octanol–water partition coefficient (Wildman–Crippen LogP) is 3.80. The van der Waals surface area contributed by atoms with Crippen LogP contribution in [0.25, 0.3) is 0 Å². The molecule has 2 aromatic rings. The molecule has 1 saturated heterocycles. The largest absolute Gasteiger partial charge is 0.366 e. The van der Waals surface area contributed by atoms with E-state index in [0.717, 1.165) is 16.8 Å². The molecular formula is C19H22FN3O. The number of halogens is 1. The van der Waals surface area contributed by atoms with Crippen molar-refractivity contribution in [2.24, 2.45) is 0 Å². The molecule has 0 aliphatic carbocycles. The highest BCUT2D eigenvalue weighted by Gasteiger charge is 2.22. The lowest BCUT2D eigenvalue weighted by molar-refractivity contribution is 0.208. The van der Waals surface area contributed by atoms with Crippen LogP contribution in [0.3, 0.4) is 0 Å². The van der Waals surface area contributed by atoms with Gasteiger partial charge in [0.1, 0.15) is 5.82 Å². The van der Waals surface area contributed by atoms with Crippen molar-refractivity contribution in [3.8, 4) is 0 Å². The van der Waals surface area contributed by atoms with Gasteiger partial charge in [0.2, 0.25) is 0 Å². The predicted molar refractivity (Wildman–Crippen MR) is 95.1 cm³/mol.